The predicted molar refractivity (Wildman–Crippen MR) is 187 cm³/mol. The van der Waals surface area contributed by atoms with Crippen LogP contribution in [0, 0.1) is 26.7 Å². The van der Waals surface area contributed by atoms with Gasteiger partial charge >= 0.3 is 12.3 Å². The van der Waals surface area contributed by atoms with Crippen molar-refractivity contribution in [3.8, 4) is 0 Å². The van der Waals surface area contributed by atoms with Gasteiger partial charge in [-0.3, -0.25) is 14.5 Å². The molecule has 278 valence electrons. The number of amides is 1. The van der Waals surface area contributed by atoms with E-state index in [4.69, 9.17) is 19.2 Å². The second-order valence-electron chi connectivity index (χ2n) is 13.7. The van der Waals surface area contributed by atoms with Gasteiger partial charge in [0.2, 0.25) is 11.8 Å². The molecule has 3 fully saturated rings. The maximum absolute atomic E-state index is 13.6. The van der Waals surface area contributed by atoms with Crippen molar-refractivity contribution in [2.45, 2.75) is 128 Å². The Morgan fingerprint density at radius 1 is 0.941 bits per heavy atom. The van der Waals surface area contributed by atoms with Crippen LogP contribution in [0.15, 0.2) is 22.9 Å². The third-order valence-electron chi connectivity index (χ3n) is 9.68. The van der Waals surface area contributed by atoms with E-state index in [9.17, 15) is 18.4 Å². The van der Waals surface area contributed by atoms with Crippen molar-refractivity contribution in [3.05, 3.63) is 55.4 Å². The van der Waals surface area contributed by atoms with Crippen LogP contribution in [-0.2, 0) is 24.0 Å². The van der Waals surface area contributed by atoms with E-state index in [1.165, 1.54) is 29.7 Å². The Balaban J connectivity index is 0.000000424. The summed E-state index contributed by atoms with van der Waals surface area (Å²) in [6.45, 7) is 11.4. The summed E-state index contributed by atoms with van der Waals surface area (Å²) in [6.07, 6.45) is 7.04. The minimum atomic E-state index is -2.62. The highest BCUT2D eigenvalue weighted by Crippen LogP contribution is 2.43. The van der Waals surface area contributed by atoms with E-state index in [0.717, 1.165) is 59.1 Å². The van der Waals surface area contributed by atoms with Crippen LogP contribution in [0.3, 0.4) is 0 Å². The molecule has 51 heavy (non-hydrogen) atoms. The van der Waals surface area contributed by atoms with Crippen LogP contribution < -0.4 is 5.32 Å². The zero-order chi connectivity index (χ0) is 37.7. The molecule has 0 spiro atoms. The molecule has 0 aromatic carbocycles. The van der Waals surface area contributed by atoms with E-state index in [1.807, 2.05) is 18.4 Å². The SMILES string of the molecule is Cc1csc(C=O)c1.Cc1csc([C@H](CCN2C3CCC2CC(n2c(C)nnc2C(C)C)C3)NC(=O)C2CCC(F)(F)CC2)c1.O=C=O.O=C=O. The highest BCUT2D eigenvalue weighted by Gasteiger charge is 2.43. The molecule has 2 saturated heterocycles. The number of thiophene rings is 2. The molecule has 1 aliphatic carbocycles. The Labute approximate surface area is 305 Å². The highest BCUT2D eigenvalue weighted by molar-refractivity contribution is 7.11. The lowest BCUT2D eigenvalue weighted by atomic mass is 9.86. The monoisotopic (exact) mass is 747 g/mol. The molecule has 2 unspecified atom stereocenters. The van der Waals surface area contributed by atoms with Crippen molar-refractivity contribution in [1.29, 1.82) is 0 Å². The maximum atomic E-state index is 13.6. The van der Waals surface area contributed by atoms with E-state index in [0.29, 0.717) is 24.0 Å². The number of hydrogen-bond donors (Lipinski definition) is 1. The first-order valence-electron chi connectivity index (χ1n) is 17.2. The Morgan fingerprint density at radius 2 is 1.51 bits per heavy atom. The van der Waals surface area contributed by atoms with Crippen LogP contribution >= 0.6 is 22.7 Å². The van der Waals surface area contributed by atoms with Crippen molar-refractivity contribution >= 4 is 47.2 Å². The van der Waals surface area contributed by atoms with Gasteiger partial charge in [-0.05, 0) is 99.7 Å². The lowest BCUT2D eigenvalue weighted by Crippen LogP contribution is -2.45. The summed E-state index contributed by atoms with van der Waals surface area (Å²) in [5.74, 6) is -0.529. The first-order valence-corrected chi connectivity index (χ1v) is 18.9. The van der Waals surface area contributed by atoms with Gasteiger partial charge in [0.05, 0.1) is 10.9 Å². The van der Waals surface area contributed by atoms with Gasteiger partial charge in [0.15, 0.2) is 6.29 Å². The van der Waals surface area contributed by atoms with Crippen LogP contribution in [0.25, 0.3) is 0 Å². The van der Waals surface area contributed by atoms with Gasteiger partial charge in [-0.2, -0.15) is 19.2 Å². The smallest absolute Gasteiger partial charge is 0.348 e. The molecule has 3 atom stereocenters. The lowest BCUT2D eigenvalue weighted by molar-refractivity contribution is -0.193. The molecule has 5 heterocycles. The second-order valence-corrected chi connectivity index (χ2v) is 15.6. The van der Waals surface area contributed by atoms with Crippen molar-refractivity contribution in [1.82, 2.24) is 25.0 Å². The van der Waals surface area contributed by atoms with E-state index < -0.39 is 5.92 Å². The quantitative estimate of drug-likeness (QED) is 0.228. The van der Waals surface area contributed by atoms with Crippen molar-refractivity contribution in [3.63, 3.8) is 0 Å². The fraction of sp³-hybridized carbons (Fsp3) is 0.611. The number of carbonyl (C=O) groups excluding carboxylic acids is 6. The zero-order valence-electron chi connectivity index (χ0n) is 29.7. The normalized spacial score (nSPS) is 21.4. The summed E-state index contributed by atoms with van der Waals surface area (Å²) in [6, 6.07) is 5.48. The van der Waals surface area contributed by atoms with Gasteiger partial charge in [0.1, 0.15) is 11.6 Å². The fourth-order valence-electron chi connectivity index (χ4n) is 7.36. The number of rotatable bonds is 9. The number of nitrogens with one attached hydrogen (secondary N) is 1. The summed E-state index contributed by atoms with van der Waals surface area (Å²) < 4.78 is 29.7. The minimum absolute atomic E-state index is 0.0578. The number of fused-ring (bicyclic) bond motifs is 2. The summed E-state index contributed by atoms with van der Waals surface area (Å²) >= 11 is 3.17. The molecule has 1 N–H and O–H groups in total. The van der Waals surface area contributed by atoms with E-state index in [-0.39, 0.29) is 55.9 Å². The third kappa shape index (κ3) is 11.9. The van der Waals surface area contributed by atoms with Crippen LogP contribution in [0.1, 0.15) is 127 Å². The Morgan fingerprint density at radius 3 is 1.98 bits per heavy atom. The van der Waals surface area contributed by atoms with Gasteiger partial charge in [0.25, 0.3) is 0 Å². The van der Waals surface area contributed by atoms with Crippen molar-refractivity contribution < 1.29 is 37.5 Å². The van der Waals surface area contributed by atoms with Crippen LogP contribution in [0.4, 0.5) is 8.78 Å². The van der Waals surface area contributed by atoms with E-state index in [2.05, 4.69) is 64.1 Å². The molecule has 2 bridgehead atoms. The first-order chi connectivity index (χ1) is 24.3. The number of nitrogens with zero attached hydrogens (tertiary/aromatic N) is 4. The molecule has 3 aliphatic rings. The van der Waals surface area contributed by atoms with Gasteiger partial charge in [-0.25, -0.2) is 8.78 Å². The summed E-state index contributed by atoms with van der Waals surface area (Å²) in [7, 11) is 0. The largest absolute Gasteiger partial charge is 0.373 e. The molecule has 15 heteroatoms. The van der Waals surface area contributed by atoms with Crippen molar-refractivity contribution in [2.75, 3.05) is 6.54 Å². The molecular weight excluding hydrogens is 701 g/mol. The first kappa shape index (κ1) is 41.7. The maximum Gasteiger partial charge on any atom is 0.373 e. The van der Waals surface area contributed by atoms with E-state index >= 15 is 0 Å². The number of aromatic nitrogens is 3. The predicted octanol–water partition coefficient (Wildman–Crippen LogP) is 7.02. The molecule has 1 amide bonds. The molecular formula is C36H47F2N5O6S2. The zero-order valence-corrected chi connectivity index (χ0v) is 31.4. The number of alkyl halides is 2. The lowest BCUT2D eigenvalue weighted by Gasteiger charge is -2.40. The molecule has 2 aliphatic heterocycles. The second kappa shape index (κ2) is 19.8. The number of hydrogen-bond acceptors (Lipinski definition) is 11. The van der Waals surface area contributed by atoms with Crippen LogP contribution in [-0.4, -0.2) is 68.7 Å². The van der Waals surface area contributed by atoms with Gasteiger partial charge < -0.3 is 9.88 Å². The number of piperidine rings is 1. The molecule has 6 rings (SSSR count). The Hall–Kier alpha value is -3.74. The summed E-state index contributed by atoms with van der Waals surface area (Å²) in [5.41, 5.74) is 2.36. The van der Waals surface area contributed by atoms with Crippen molar-refractivity contribution in [2.24, 2.45) is 5.92 Å². The van der Waals surface area contributed by atoms with Gasteiger partial charge in [-0.15, -0.1) is 32.9 Å². The van der Waals surface area contributed by atoms with Gasteiger partial charge in [0, 0.05) is 54.2 Å². The molecule has 1 saturated carbocycles. The number of aryl methyl sites for hydroxylation is 3. The number of halogens is 2. The Bertz CT molecular complexity index is 1610. The standard InChI is InChI=1S/C28H41F2N5OS.C6H6OS.2CO2/c1-17(2)26-33-32-19(4)35(26)23-14-21-5-6-22(15-23)34(21)12-9-24(25-13-18(3)16-37-25)31-27(36)20-7-10-28(29,30)11-8-20;1-5-2-6(3-7)8-4-5;2*2-1-3/h13,16-17,20-24H,5-12,14-15H2,1-4H3,(H,31,36);2-4H,1H3;;/t21?,22?,23?,24-;;;/m0.../s1. The molecule has 3 aromatic rings. The minimum Gasteiger partial charge on any atom is -0.348 e. The number of aldehydes is 1. The number of carbonyl (C=O) groups is 2. The molecule has 11 nitrogen and oxygen atoms in total. The topological polar surface area (TPSA) is 148 Å². The van der Waals surface area contributed by atoms with Crippen LogP contribution in [0.2, 0.25) is 0 Å². The average Bonchev–Trinajstić information content (AvgIpc) is 3.86. The van der Waals surface area contributed by atoms with E-state index in [1.54, 1.807) is 11.3 Å². The molecule has 0 radical (unpaired) electrons. The Kier molecular flexibility index (Phi) is 16.1. The fourth-order valence-corrected chi connectivity index (χ4v) is 9.04. The molecule has 3 aromatic heterocycles. The van der Waals surface area contributed by atoms with Crippen LogP contribution in [0.5, 0.6) is 0 Å². The average molecular weight is 748 g/mol. The summed E-state index contributed by atoms with van der Waals surface area (Å²) in [4.78, 5) is 60.3. The van der Waals surface area contributed by atoms with Gasteiger partial charge in [-0.1, -0.05) is 13.8 Å². The third-order valence-corrected chi connectivity index (χ3v) is 11.8. The highest BCUT2D eigenvalue weighted by atomic mass is 32.1. The summed E-state index contributed by atoms with van der Waals surface area (Å²) in [5, 5.41) is 16.2.